The van der Waals surface area contributed by atoms with Gasteiger partial charge in [0.05, 0.1) is 13.2 Å². The van der Waals surface area contributed by atoms with Gasteiger partial charge in [-0.05, 0) is 24.6 Å². The van der Waals surface area contributed by atoms with Crippen LogP contribution in [0.1, 0.15) is 12.5 Å². The maximum atomic E-state index is 9.04. The van der Waals surface area contributed by atoms with Crippen molar-refractivity contribution in [2.75, 3.05) is 26.7 Å². The molecule has 0 radical (unpaired) electrons. The van der Waals surface area contributed by atoms with Crippen LogP contribution in [0.25, 0.3) is 0 Å². The maximum absolute atomic E-state index is 9.04. The highest BCUT2D eigenvalue weighted by atomic mass is 16.5. The molecule has 4 nitrogen and oxygen atoms in total. The number of hydrogen-bond donors (Lipinski definition) is 3. The largest absolute Gasteiger partial charge is 0.497 e. The summed E-state index contributed by atoms with van der Waals surface area (Å²) in [6, 6.07) is 8.02. The third-order valence-corrected chi connectivity index (χ3v) is 2.41. The Balaban J connectivity index is 2.09. The molecule has 0 saturated carbocycles. The lowest BCUT2D eigenvalue weighted by Gasteiger charge is -2.08. The highest BCUT2D eigenvalue weighted by Crippen LogP contribution is 2.10. The van der Waals surface area contributed by atoms with E-state index in [4.69, 9.17) is 9.84 Å². The topological polar surface area (TPSA) is 53.5 Å². The summed E-state index contributed by atoms with van der Waals surface area (Å²) >= 11 is 0. The molecule has 1 aromatic carbocycles. The van der Waals surface area contributed by atoms with Crippen molar-refractivity contribution in [2.45, 2.75) is 19.6 Å². The summed E-state index contributed by atoms with van der Waals surface area (Å²) in [6.07, 6.45) is -0.281. The monoisotopic (exact) mass is 238 g/mol. The van der Waals surface area contributed by atoms with Crippen LogP contribution >= 0.6 is 0 Å². The third-order valence-electron chi connectivity index (χ3n) is 2.41. The molecule has 0 aliphatic rings. The van der Waals surface area contributed by atoms with E-state index in [1.165, 1.54) is 5.56 Å². The molecular formula is C13H22N2O2. The average Bonchev–Trinajstić information content (AvgIpc) is 2.34. The Morgan fingerprint density at radius 1 is 1.18 bits per heavy atom. The Hall–Kier alpha value is -1.10. The van der Waals surface area contributed by atoms with Crippen molar-refractivity contribution >= 4 is 0 Å². The molecule has 0 spiro atoms. The van der Waals surface area contributed by atoms with Gasteiger partial charge in [-0.2, -0.15) is 0 Å². The summed E-state index contributed by atoms with van der Waals surface area (Å²) in [5, 5.41) is 15.5. The van der Waals surface area contributed by atoms with E-state index < -0.39 is 0 Å². The van der Waals surface area contributed by atoms with E-state index in [2.05, 4.69) is 22.8 Å². The molecule has 4 heteroatoms. The SMILES string of the molecule is COc1ccc(CNCCNC[C@H](C)O)cc1. The van der Waals surface area contributed by atoms with Crippen LogP contribution in [-0.4, -0.2) is 38.0 Å². The first-order chi connectivity index (χ1) is 8.22. The van der Waals surface area contributed by atoms with Crippen molar-refractivity contribution in [3.8, 4) is 5.75 Å². The van der Waals surface area contributed by atoms with E-state index in [1.807, 2.05) is 12.1 Å². The normalized spacial score (nSPS) is 12.4. The molecule has 0 bridgehead atoms. The van der Waals surface area contributed by atoms with E-state index in [0.29, 0.717) is 6.54 Å². The number of aliphatic hydroxyl groups excluding tert-OH is 1. The van der Waals surface area contributed by atoms with E-state index in [1.54, 1.807) is 14.0 Å². The van der Waals surface area contributed by atoms with Crippen molar-refractivity contribution in [1.82, 2.24) is 10.6 Å². The lowest BCUT2D eigenvalue weighted by Crippen LogP contribution is -2.31. The predicted octanol–water partition coefficient (Wildman–Crippen LogP) is 0.755. The van der Waals surface area contributed by atoms with E-state index in [0.717, 1.165) is 25.4 Å². The van der Waals surface area contributed by atoms with Crippen molar-refractivity contribution in [3.63, 3.8) is 0 Å². The number of hydrogen-bond acceptors (Lipinski definition) is 4. The van der Waals surface area contributed by atoms with Crippen LogP contribution in [0.2, 0.25) is 0 Å². The lowest BCUT2D eigenvalue weighted by molar-refractivity contribution is 0.191. The molecule has 0 aromatic heterocycles. The van der Waals surface area contributed by atoms with Crippen LogP contribution in [0.15, 0.2) is 24.3 Å². The molecular weight excluding hydrogens is 216 g/mol. The van der Waals surface area contributed by atoms with Crippen LogP contribution < -0.4 is 15.4 Å². The number of rotatable bonds is 8. The highest BCUT2D eigenvalue weighted by Gasteiger charge is 1.95. The Labute approximate surface area is 103 Å². The van der Waals surface area contributed by atoms with E-state index in [-0.39, 0.29) is 6.10 Å². The number of methoxy groups -OCH3 is 1. The molecule has 3 N–H and O–H groups in total. The molecule has 0 aliphatic carbocycles. The van der Waals surface area contributed by atoms with Gasteiger partial charge in [-0.15, -0.1) is 0 Å². The zero-order valence-electron chi connectivity index (χ0n) is 10.6. The Kier molecular flexibility index (Phi) is 6.62. The molecule has 0 heterocycles. The fourth-order valence-electron chi connectivity index (χ4n) is 1.46. The number of aliphatic hydroxyl groups is 1. The van der Waals surface area contributed by atoms with Gasteiger partial charge in [-0.25, -0.2) is 0 Å². The average molecular weight is 238 g/mol. The zero-order valence-corrected chi connectivity index (χ0v) is 10.6. The summed E-state index contributed by atoms with van der Waals surface area (Å²) in [7, 11) is 1.67. The second-order valence-corrected chi connectivity index (χ2v) is 4.08. The summed E-state index contributed by atoms with van der Waals surface area (Å²) < 4.78 is 5.10. The van der Waals surface area contributed by atoms with Gasteiger partial charge in [0.15, 0.2) is 0 Å². The number of ether oxygens (including phenoxy) is 1. The van der Waals surface area contributed by atoms with Crippen molar-refractivity contribution in [2.24, 2.45) is 0 Å². The van der Waals surface area contributed by atoms with Gasteiger partial charge in [0.2, 0.25) is 0 Å². The first-order valence-corrected chi connectivity index (χ1v) is 5.95. The van der Waals surface area contributed by atoms with Crippen LogP contribution in [0.4, 0.5) is 0 Å². The van der Waals surface area contributed by atoms with Crippen molar-refractivity contribution in [3.05, 3.63) is 29.8 Å². The molecule has 0 saturated heterocycles. The van der Waals surface area contributed by atoms with Crippen LogP contribution in [-0.2, 0) is 6.54 Å². The Bertz CT molecular complexity index is 299. The van der Waals surface area contributed by atoms with Crippen molar-refractivity contribution < 1.29 is 9.84 Å². The summed E-state index contributed by atoms with van der Waals surface area (Å²) in [6.45, 7) is 5.02. The fourth-order valence-corrected chi connectivity index (χ4v) is 1.46. The first-order valence-electron chi connectivity index (χ1n) is 5.95. The minimum Gasteiger partial charge on any atom is -0.497 e. The van der Waals surface area contributed by atoms with Crippen LogP contribution in [0, 0.1) is 0 Å². The van der Waals surface area contributed by atoms with Gasteiger partial charge < -0.3 is 20.5 Å². The van der Waals surface area contributed by atoms with E-state index in [9.17, 15) is 0 Å². The molecule has 1 atom stereocenters. The second-order valence-electron chi connectivity index (χ2n) is 4.08. The van der Waals surface area contributed by atoms with Gasteiger partial charge in [0.25, 0.3) is 0 Å². The molecule has 1 rings (SSSR count). The molecule has 96 valence electrons. The van der Waals surface area contributed by atoms with Gasteiger partial charge in [0.1, 0.15) is 5.75 Å². The number of benzene rings is 1. The van der Waals surface area contributed by atoms with Crippen molar-refractivity contribution in [1.29, 1.82) is 0 Å². The van der Waals surface area contributed by atoms with Gasteiger partial charge in [-0.3, -0.25) is 0 Å². The zero-order chi connectivity index (χ0) is 12.5. The summed E-state index contributed by atoms with van der Waals surface area (Å²) in [5.41, 5.74) is 1.24. The minimum atomic E-state index is -0.281. The van der Waals surface area contributed by atoms with Crippen LogP contribution in [0.3, 0.4) is 0 Å². The lowest BCUT2D eigenvalue weighted by atomic mass is 10.2. The standard InChI is InChI=1S/C13H22N2O2/c1-11(16)9-14-7-8-15-10-12-3-5-13(17-2)6-4-12/h3-6,11,14-16H,7-10H2,1-2H3/t11-/m0/s1. The van der Waals surface area contributed by atoms with E-state index >= 15 is 0 Å². The summed E-state index contributed by atoms with van der Waals surface area (Å²) in [5.74, 6) is 0.882. The smallest absolute Gasteiger partial charge is 0.118 e. The quantitative estimate of drug-likeness (QED) is 0.585. The highest BCUT2D eigenvalue weighted by molar-refractivity contribution is 5.26. The molecule has 17 heavy (non-hydrogen) atoms. The fraction of sp³-hybridized carbons (Fsp3) is 0.538. The molecule has 0 amide bonds. The Morgan fingerprint density at radius 2 is 1.82 bits per heavy atom. The predicted molar refractivity (Wildman–Crippen MR) is 69.3 cm³/mol. The minimum absolute atomic E-state index is 0.281. The van der Waals surface area contributed by atoms with Gasteiger partial charge >= 0.3 is 0 Å². The first kappa shape index (κ1) is 14.0. The molecule has 0 fully saturated rings. The Morgan fingerprint density at radius 3 is 2.41 bits per heavy atom. The maximum Gasteiger partial charge on any atom is 0.118 e. The molecule has 0 unspecified atom stereocenters. The second kappa shape index (κ2) is 8.06. The molecule has 0 aliphatic heterocycles. The molecule has 1 aromatic rings. The van der Waals surface area contributed by atoms with Crippen LogP contribution in [0.5, 0.6) is 5.75 Å². The number of nitrogens with one attached hydrogen (secondary N) is 2. The van der Waals surface area contributed by atoms with Gasteiger partial charge in [0, 0.05) is 26.2 Å². The summed E-state index contributed by atoms with van der Waals surface area (Å²) in [4.78, 5) is 0. The third kappa shape index (κ3) is 6.26. The van der Waals surface area contributed by atoms with Gasteiger partial charge in [-0.1, -0.05) is 12.1 Å².